The second-order valence-electron chi connectivity index (χ2n) is 6.89. The Morgan fingerprint density at radius 2 is 2.10 bits per heavy atom. The molecule has 1 aliphatic heterocycles. The number of nitrogens with zero attached hydrogens (tertiary/aromatic N) is 2. The highest BCUT2D eigenvalue weighted by molar-refractivity contribution is 6.32. The molecule has 1 amide bonds. The highest BCUT2D eigenvalue weighted by atomic mass is 35.5. The maximum Gasteiger partial charge on any atom is 0.257 e. The summed E-state index contributed by atoms with van der Waals surface area (Å²) in [5, 5.41) is 0.228. The zero-order chi connectivity index (χ0) is 15.6. The summed E-state index contributed by atoms with van der Waals surface area (Å²) in [5.41, 5.74) is 6.87. The first-order chi connectivity index (χ1) is 9.79. The maximum atomic E-state index is 12.6. The van der Waals surface area contributed by atoms with Crippen LogP contribution < -0.4 is 5.73 Å². The summed E-state index contributed by atoms with van der Waals surface area (Å²) in [4.78, 5) is 18.5. The van der Waals surface area contributed by atoms with Crippen LogP contribution in [0, 0.1) is 11.3 Å². The van der Waals surface area contributed by atoms with Crippen molar-refractivity contribution in [2.75, 3.05) is 18.8 Å². The van der Waals surface area contributed by atoms with Crippen LogP contribution in [0.1, 0.15) is 50.4 Å². The predicted molar refractivity (Wildman–Crippen MR) is 86.4 cm³/mol. The molecule has 116 valence electrons. The molecule has 0 spiro atoms. The van der Waals surface area contributed by atoms with Gasteiger partial charge in [0.2, 0.25) is 0 Å². The summed E-state index contributed by atoms with van der Waals surface area (Å²) in [5.74, 6) is 0.582. The van der Waals surface area contributed by atoms with Gasteiger partial charge in [0.15, 0.2) is 0 Å². The molecule has 1 aliphatic rings. The second-order valence-corrected chi connectivity index (χ2v) is 7.25. The summed E-state index contributed by atoms with van der Waals surface area (Å²) >= 11 is 6.04. The zero-order valence-electron chi connectivity index (χ0n) is 13.0. The minimum atomic E-state index is -0.0608. The Hall–Kier alpha value is -1.29. The summed E-state index contributed by atoms with van der Waals surface area (Å²) in [7, 11) is 0. The monoisotopic (exact) mass is 309 g/mol. The normalized spacial score (nSPS) is 20.2. The van der Waals surface area contributed by atoms with Gasteiger partial charge in [0, 0.05) is 13.1 Å². The van der Waals surface area contributed by atoms with Crippen molar-refractivity contribution < 1.29 is 4.79 Å². The number of rotatable bonds is 1. The Morgan fingerprint density at radius 1 is 1.38 bits per heavy atom. The third kappa shape index (κ3) is 3.88. The van der Waals surface area contributed by atoms with E-state index in [1.165, 1.54) is 6.20 Å². The smallest absolute Gasteiger partial charge is 0.257 e. The quantitative estimate of drug-likeness (QED) is 0.806. The molecule has 2 N–H and O–H groups in total. The predicted octanol–water partition coefficient (Wildman–Crippen LogP) is 3.61. The van der Waals surface area contributed by atoms with Gasteiger partial charge in [-0.05, 0) is 36.7 Å². The molecular formula is C16H24ClN3O. The average molecular weight is 310 g/mol. The van der Waals surface area contributed by atoms with Crippen LogP contribution in [-0.4, -0.2) is 28.9 Å². The molecule has 2 rings (SSSR count). The number of halogens is 1. The molecular weight excluding hydrogens is 286 g/mol. The molecule has 1 unspecified atom stereocenters. The first kappa shape index (κ1) is 16.1. The molecule has 1 saturated heterocycles. The third-order valence-electron chi connectivity index (χ3n) is 4.33. The number of carbonyl (C=O) groups excluding carboxylic acids is 1. The summed E-state index contributed by atoms with van der Waals surface area (Å²) in [6.45, 7) is 8.36. The standard InChI is InChI=1S/C16H24ClN3O/c1-16(2,3)11-5-4-7-20(8-6-11)15(21)13-9-12(18)10-19-14(13)17/h9-11H,4-8,18H2,1-3H3. The van der Waals surface area contributed by atoms with E-state index < -0.39 is 0 Å². The number of aromatic nitrogens is 1. The molecule has 0 radical (unpaired) electrons. The molecule has 0 aliphatic carbocycles. The van der Waals surface area contributed by atoms with Crippen LogP contribution >= 0.6 is 11.6 Å². The highest BCUT2D eigenvalue weighted by Gasteiger charge is 2.29. The van der Waals surface area contributed by atoms with Crippen LogP contribution in [0.3, 0.4) is 0 Å². The van der Waals surface area contributed by atoms with Crippen LogP contribution in [-0.2, 0) is 0 Å². The Morgan fingerprint density at radius 3 is 2.76 bits per heavy atom. The number of hydrogen-bond acceptors (Lipinski definition) is 3. The number of pyridine rings is 1. The molecule has 5 heteroatoms. The second kappa shape index (κ2) is 6.22. The van der Waals surface area contributed by atoms with E-state index >= 15 is 0 Å². The van der Waals surface area contributed by atoms with E-state index in [1.807, 2.05) is 4.90 Å². The van der Waals surface area contributed by atoms with E-state index in [0.717, 1.165) is 32.4 Å². The Balaban J connectivity index is 2.12. The lowest BCUT2D eigenvalue weighted by atomic mass is 9.77. The molecule has 1 aromatic rings. The number of carbonyl (C=O) groups is 1. The van der Waals surface area contributed by atoms with Crippen molar-refractivity contribution in [2.24, 2.45) is 11.3 Å². The van der Waals surface area contributed by atoms with Gasteiger partial charge in [-0.3, -0.25) is 4.79 Å². The van der Waals surface area contributed by atoms with E-state index in [-0.39, 0.29) is 16.5 Å². The molecule has 0 saturated carbocycles. The molecule has 0 aromatic carbocycles. The average Bonchev–Trinajstić information content (AvgIpc) is 2.66. The molecule has 0 bridgehead atoms. The lowest BCUT2D eigenvalue weighted by Crippen LogP contribution is -2.33. The van der Waals surface area contributed by atoms with Gasteiger partial charge in [0.1, 0.15) is 5.15 Å². The topological polar surface area (TPSA) is 59.2 Å². The van der Waals surface area contributed by atoms with Gasteiger partial charge in [-0.25, -0.2) is 4.98 Å². The number of nitrogens with two attached hydrogens (primary N) is 1. The lowest BCUT2D eigenvalue weighted by Gasteiger charge is -2.29. The van der Waals surface area contributed by atoms with Crippen molar-refractivity contribution >= 4 is 23.2 Å². The van der Waals surface area contributed by atoms with Crippen molar-refractivity contribution in [1.82, 2.24) is 9.88 Å². The van der Waals surface area contributed by atoms with E-state index in [9.17, 15) is 4.79 Å². The molecule has 1 aromatic heterocycles. The first-order valence-electron chi connectivity index (χ1n) is 7.49. The first-order valence-corrected chi connectivity index (χ1v) is 7.87. The highest BCUT2D eigenvalue weighted by Crippen LogP contribution is 2.34. The van der Waals surface area contributed by atoms with Crippen molar-refractivity contribution in [3.8, 4) is 0 Å². The van der Waals surface area contributed by atoms with Gasteiger partial charge < -0.3 is 10.6 Å². The number of amides is 1. The maximum absolute atomic E-state index is 12.6. The fraction of sp³-hybridized carbons (Fsp3) is 0.625. The number of hydrogen-bond donors (Lipinski definition) is 1. The van der Waals surface area contributed by atoms with Gasteiger partial charge in [0.05, 0.1) is 17.4 Å². The Kier molecular flexibility index (Phi) is 4.77. The Labute approximate surface area is 131 Å². The van der Waals surface area contributed by atoms with Crippen molar-refractivity contribution in [3.63, 3.8) is 0 Å². The fourth-order valence-electron chi connectivity index (χ4n) is 2.95. The van der Waals surface area contributed by atoms with Crippen LogP contribution in [0.5, 0.6) is 0 Å². The Bertz CT molecular complexity index is 525. The molecule has 4 nitrogen and oxygen atoms in total. The van der Waals surface area contributed by atoms with E-state index in [2.05, 4.69) is 25.8 Å². The summed E-state index contributed by atoms with van der Waals surface area (Å²) < 4.78 is 0. The SMILES string of the molecule is CC(C)(C)C1CCCN(C(=O)c2cc(N)cnc2Cl)CC1. The number of nitrogen functional groups attached to an aromatic ring is 1. The van der Waals surface area contributed by atoms with Crippen LogP contribution in [0.25, 0.3) is 0 Å². The van der Waals surface area contributed by atoms with Crippen molar-refractivity contribution in [3.05, 3.63) is 23.0 Å². The van der Waals surface area contributed by atoms with Crippen LogP contribution in [0.2, 0.25) is 5.15 Å². The summed E-state index contributed by atoms with van der Waals surface area (Å²) in [6, 6.07) is 1.61. The van der Waals surface area contributed by atoms with Gasteiger partial charge in [-0.2, -0.15) is 0 Å². The minimum absolute atomic E-state index is 0.0608. The van der Waals surface area contributed by atoms with Crippen LogP contribution in [0.4, 0.5) is 5.69 Å². The van der Waals surface area contributed by atoms with Crippen molar-refractivity contribution in [1.29, 1.82) is 0 Å². The van der Waals surface area contributed by atoms with Gasteiger partial charge >= 0.3 is 0 Å². The summed E-state index contributed by atoms with van der Waals surface area (Å²) in [6.07, 6.45) is 4.69. The zero-order valence-corrected chi connectivity index (χ0v) is 13.8. The van der Waals surface area contributed by atoms with Gasteiger partial charge in [-0.1, -0.05) is 32.4 Å². The van der Waals surface area contributed by atoms with Crippen LogP contribution in [0.15, 0.2) is 12.3 Å². The molecule has 1 fully saturated rings. The molecule has 21 heavy (non-hydrogen) atoms. The lowest BCUT2D eigenvalue weighted by molar-refractivity contribution is 0.0755. The van der Waals surface area contributed by atoms with Gasteiger partial charge in [0.25, 0.3) is 5.91 Å². The minimum Gasteiger partial charge on any atom is -0.397 e. The largest absolute Gasteiger partial charge is 0.397 e. The van der Waals surface area contributed by atoms with Crippen molar-refractivity contribution in [2.45, 2.75) is 40.0 Å². The molecule has 2 heterocycles. The van der Waals surface area contributed by atoms with Gasteiger partial charge in [-0.15, -0.1) is 0 Å². The van der Waals surface area contributed by atoms with E-state index in [4.69, 9.17) is 17.3 Å². The third-order valence-corrected chi connectivity index (χ3v) is 4.63. The fourth-order valence-corrected chi connectivity index (χ4v) is 3.13. The number of likely N-dealkylation sites (tertiary alicyclic amines) is 1. The molecule has 1 atom stereocenters. The van der Waals surface area contributed by atoms with E-state index in [0.29, 0.717) is 17.2 Å². The number of anilines is 1. The van der Waals surface area contributed by atoms with E-state index in [1.54, 1.807) is 6.07 Å².